The van der Waals surface area contributed by atoms with Crippen LogP contribution in [0.15, 0.2) is 4.99 Å². The molecule has 58 valence electrons. The van der Waals surface area contributed by atoms with Crippen molar-refractivity contribution in [2.45, 2.75) is 51.5 Å². The summed E-state index contributed by atoms with van der Waals surface area (Å²) in [7, 11) is 0. The van der Waals surface area contributed by atoms with Gasteiger partial charge in [0.15, 0.2) is 0 Å². The van der Waals surface area contributed by atoms with Crippen LogP contribution in [-0.2, 0) is 0 Å². The van der Waals surface area contributed by atoms with E-state index in [0.717, 1.165) is 0 Å². The van der Waals surface area contributed by atoms with Gasteiger partial charge in [-0.1, -0.05) is 19.3 Å². The fourth-order valence-electron chi connectivity index (χ4n) is 1.75. The molecule has 1 heteroatoms. The van der Waals surface area contributed by atoms with E-state index in [9.17, 15) is 0 Å². The highest BCUT2D eigenvalue weighted by atomic mass is 14.8. The van der Waals surface area contributed by atoms with Gasteiger partial charge in [-0.3, -0.25) is 4.99 Å². The first-order chi connectivity index (χ1) is 4.77. The molecular weight excluding hydrogens is 122 g/mol. The molecule has 0 amide bonds. The fraction of sp³-hybridized carbons (Fsp3) is 0.889. The van der Waals surface area contributed by atoms with Crippen molar-refractivity contribution in [2.24, 2.45) is 4.99 Å². The Morgan fingerprint density at radius 3 is 2.30 bits per heavy atom. The molecule has 1 aliphatic rings. The van der Waals surface area contributed by atoms with E-state index in [-0.39, 0.29) is 0 Å². The summed E-state index contributed by atoms with van der Waals surface area (Å²) >= 11 is 0. The predicted molar refractivity (Wildman–Crippen MR) is 45.7 cm³/mol. The van der Waals surface area contributed by atoms with Crippen LogP contribution >= 0.6 is 0 Å². The van der Waals surface area contributed by atoms with Crippen molar-refractivity contribution in [1.82, 2.24) is 0 Å². The second-order valence-corrected chi connectivity index (χ2v) is 3.44. The van der Waals surface area contributed by atoms with E-state index >= 15 is 0 Å². The second-order valence-electron chi connectivity index (χ2n) is 3.44. The Kier molecular flexibility index (Phi) is 2.47. The zero-order valence-corrected chi connectivity index (χ0v) is 7.06. The summed E-state index contributed by atoms with van der Waals surface area (Å²) in [6.07, 6.45) is 8.68. The molecule has 1 aliphatic carbocycles. The fourth-order valence-corrected chi connectivity index (χ4v) is 1.75. The molecule has 10 heavy (non-hydrogen) atoms. The molecule has 0 aliphatic heterocycles. The SMILES string of the molecule is C/C=N/C1(C)CCCCC1. The minimum Gasteiger partial charge on any atom is -0.291 e. The molecular formula is C9H17N. The maximum atomic E-state index is 4.49. The van der Waals surface area contributed by atoms with Crippen LogP contribution in [0, 0.1) is 0 Å². The highest BCUT2D eigenvalue weighted by molar-refractivity contribution is 5.54. The second kappa shape index (κ2) is 3.18. The molecule has 1 rings (SSSR count). The minimum absolute atomic E-state index is 0.299. The molecule has 0 spiro atoms. The topological polar surface area (TPSA) is 12.4 Å². The van der Waals surface area contributed by atoms with E-state index in [2.05, 4.69) is 11.9 Å². The summed E-state index contributed by atoms with van der Waals surface area (Å²) in [5.41, 5.74) is 0.299. The average molecular weight is 139 g/mol. The Bertz CT molecular complexity index is 121. The van der Waals surface area contributed by atoms with Crippen LogP contribution in [-0.4, -0.2) is 11.8 Å². The third-order valence-electron chi connectivity index (χ3n) is 2.37. The van der Waals surface area contributed by atoms with E-state index in [0.29, 0.717) is 5.54 Å². The van der Waals surface area contributed by atoms with E-state index in [4.69, 9.17) is 0 Å². The lowest BCUT2D eigenvalue weighted by atomic mass is 9.84. The first kappa shape index (κ1) is 7.77. The van der Waals surface area contributed by atoms with E-state index in [1.807, 2.05) is 13.1 Å². The molecule has 0 N–H and O–H groups in total. The predicted octanol–water partition coefficient (Wildman–Crippen LogP) is 2.80. The summed E-state index contributed by atoms with van der Waals surface area (Å²) < 4.78 is 0. The quantitative estimate of drug-likeness (QED) is 0.495. The lowest BCUT2D eigenvalue weighted by Crippen LogP contribution is -2.24. The Balaban J connectivity index is 2.48. The van der Waals surface area contributed by atoms with Crippen molar-refractivity contribution in [1.29, 1.82) is 0 Å². The molecule has 0 radical (unpaired) electrons. The van der Waals surface area contributed by atoms with Crippen molar-refractivity contribution in [3.63, 3.8) is 0 Å². The number of rotatable bonds is 1. The van der Waals surface area contributed by atoms with Gasteiger partial charge in [-0.25, -0.2) is 0 Å². The molecule has 0 bridgehead atoms. The van der Waals surface area contributed by atoms with Gasteiger partial charge >= 0.3 is 0 Å². The van der Waals surface area contributed by atoms with Gasteiger partial charge in [0.25, 0.3) is 0 Å². The van der Waals surface area contributed by atoms with Crippen LogP contribution in [0.3, 0.4) is 0 Å². The Labute approximate surface area is 63.5 Å². The normalized spacial score (nSPS) is 25.4. The third kappa shape index (κ3) is 1.83. The Morgan fingerprint density at radius 1 is 1.20 bits per heavy atom. The summed E-state index contributed by atoms with van der Waals surface area (Å²) in [5.74, 6) is 0. The van der Waals surface area contributed by atoms with E-state index < -0.39 is 0 Å². The molecule has 1 fully saturated rings. The lowest BCUT2D eigenvalue weighted by Gasteiger charge is -2.29. The maximum Gasteiger partial charge on any atom is 0.0576 e. The smallest absolute Gasteiger partial charge is 0.0576 e. The van der Waals surface area contributed by atoms with Crippen molar-refractivity contribution in [3.05, 3.63) is 0 Å². The zero-order valence-electron chi connectivity index (χ0n) is 7.06. The Morgan fingerprint density at radius 2 is 1.80 bits per heavy atom. The monoisotopic (exact) mass is 139 g/mol. The van der Waals surface area contributed by atoms with Gasteiger partial charge in [-0.2, -0.15) is 0 Å². The largest absolute Gasteiger partial charge is 0.291 e. The first-order valence-electron chi connectivity index (χ1n) is 4.27. The van der Waals surface area contributed by atoms with Gasteiger partial charge < -0.3 is 0 Å². The lowest BCUT2D eigenvalue weighted by molar-refractivity contribution is 0.326. The number of hydrogen-bond donors (Lipinski definition) is 0. The highest BCUT2D eigenvalue weighted by Crippen LogP contribution is 2.30. The van der Waals surface area contributed by atoms with Crippen molar-refractivity contribution in [3.8, 4) is 0 Å². The van der Waals surface area contributed by atoms with Crippen LogP contribution in [0.4, 0.5) is 0 Å². The van der Waals surface area contributed by atoms with Crippen LogP contribution < -0.4 is 0 Å². The average Bonchev–Trinajstić information content (AvgIpc) is 1.89. The molecule has 0 atom stereocenters. The standard InChI is InChI=1S/C9H17N/c1-3-10-9(2)7-5-4-6-8-9/h3H,4-8H2,1-2H3/b10-3+. The first-order valence-corrected chi connectivity index (χ1v) is 4.27. The summed E-state index contributed by atoms with van der Waals surface area (Å²) in [5, 5.41) is 0. The van der Waals surface area contributed by atoms with Crippen molar-refractivity contribution >= 4 is 6.21 Å². The summed E-state index contributed by atoms with van der Waals surface area (Å²) in [6, 6.07) is 0. The molecule has 0 aromatic carbocycles. The van der Waals surface area contributed by atoms with Crippen LogP contribution in [0.1, 0.15) is 46.0 Å². The number of hydrogen-bond acceptors (Lipinski definition) is 1. The number of nitrogens with zero attached hydrogens (tertiary/aromatic N) is 1. The van der Waals surface area contributed by atoms with Gasteiger partial charge in [0, 0.05) is 0 Å². The maximum absolute atomic E-state index is 4.49. The van der Waals surface area contributed by atoms with Crippen molar-refractivity contribution < 1.29 is 0 Å². The van der Waals surface area contributed by atoms with E-state index in [1.165, 1.54) is 32.1 Å². The van der Waals surface area contributed by atoms with Gasteiger partial charge in [0.2, 0.25) is 0 Å². The van der Waals surface area contributed by atoms with Crippen LogP contribution in [0.2, 0.25) is 0 Å². The molecule has 0 aromatic heterocycles. The number of aliphatic imine (C=N–C) groups is 1. The third-order valence-corrected chi connectivity index (χ3v) is 2.37. The molecule has 0 aromatic rings. The molecule has 1 saturated carbocycles. The van der Waals surface area contributed by atoms with Crippen LogP contribution in [0.5, 0.6) is 0 Å². The molecule has 0 heterocycles. The zero-order chi connectivity index (χ0) is 7.45. The van der Waals surface area contributed by atoms with Gasteiger partial charge in [-0.15, -0.1) is 0 Å². The highest BCUT2D eigenvalue weighted by Gasteiger charge is 2.24. The van der Waals surface area contributed by atoms with Gasteiger partial charge in [0.05, 0.1) is 5.54 Å². The molecule has 0 unspecified atom stereocenters. The molecule has 0 saturated heterocycles. The van der Waals surface area contributed by atoms with Crippen LogP contribution in [0.25, 0.3) is 0 Å². The van der Waals surface area contributed by atoms with Gasteiger partial charge in [-0.05, 0) is 32.9 Å². The van der Waals surface area contributed by atoms with E-state index in [1.54, 1.807) is 0 Å². The summed E-state index contributed by atoms with van der Waals surface area (Å²) in [4.78, 5) is 4.49. The molecule has 1 nitrogen and oxygen atoms in total. The van der Waals surface area contributed by atoms with Crippen molar-refractivity contribution in [2.75, 3.05) is 0 Å². The minimum atomic E-state index is 0.299. The summed E-state index contributed by atoms with van der Waals surface area (Å²) in [6.45, 7) is 4.28. The van der Waals surface area contributed by atoms with Gasteiger partial charge in [0.1, 0.15) is 0 Å². The Hall–Kier alpha value is -0.330.